The zero-order valence-electron chi connectivity index (χ0n) is 42.5. The van der Waals surface area contributed by atoms with E-state index in [-0.39, 0.29) is 19.1 Å². The van der Waals surface area contributed by atoms with Gasteiger partial charge in [0.05, 0.1) is 39.9 Å². The minimum atomic E-state index is -4.35. The molecule has 1 amide bonds. The quantitative estimate of drug-likeness (QED) is 0.0243. The number of nitrogens with zero attached hydrogens (tertiary/aromatic N) is 1. The summed E-state index contributed by atoms with van der Waals surface area (Å²) in [6.07, 6.45) is 61.7. The van der Waals surface area contributed by atoms with Gasteiger partial charge in [0.1, 0.15) is 13.2 Å². The van der Waals surface area contributed by atoms with Gasteiger partial charge in [-0.25, -0.2) is 4.57 Å². The van der Waals surface area contributed by atoms with Gasteiger partial charge in [-0.05, 0) is 57.8 Å². The molecule has 3 atom stereocenters. The first-order valence-corrected chi connectivity index (χ1v) is 28.2. The van der Waals surface area contributed by atoms with Gasteiger partial charge in [-0.1, -0.05) is 229 Å². The van der Waals surface area contributed by atoms with Gasteiger partial charge in [-0.3, -0.25) is 13.8 Å². The first-order valence-electron chi connectivity index (χ1n) is 26.7. The van der Waals surface area contributed by atoms with Crippen molar-refractivity contribution in [1.82, 2.24) is 5.32 Å². The lowest BCUT2D eigenvalue weighted by molar-refractivity contribution is -0.870. The maximum atomic E-state index is 12.9. The molecule has 3 N–H and O–H groups in total. The summed E-state index contributed by atoms with van der Waals surface area (Å²) in [6, 6.07) is -0.862. The molecule has 0 aliphatic heterocycles. The second-order valence-electron chi connectivity index (χ2n) is 19.2. The van der Waals surface area contributed by atoms with Crippen molar-refractivity contribution < 1.29 is 32.9 Å². The van der Waals surface area contributed by atoms with Crippen molar-refractivity contribution in [3.63, 3.8) is 0 Å². The average molecular weight is 920 g/mol. The molecule has 374 valence electrons. The maximum Gasteiger partial charge on any atom is 0.472 e. The lowest BCUT2D eigenvalue weighted by Gasteiger charge is -2.25. The summed E-state index contributed by atoms with van der Waals surface area (Å²) in [6.45, 7) is 4.69. The van der Waals surface area contributed by atoms with Crippen molar-refractivity contribution in [2.45, 2.75) is 244 Å². The van der Waals surface area contributed by atoms with Crippen LogP contribution in [0.15, 0.2) is 60.8 Å². The number of rotatable bonds is 48. The van der Waals surface area contributed by atoms with Gasteiger partial charge in [-0.15, -0.1) is 0 Å². The number of hydrogen-bond donors (Lipinski definition) is 3. The number of phosphoric acid groups is 1. The number of nitrogens with one attached hydrogen (secondary N) is 1. The number of phosphoric ester groups is 1. The smallest absolute Gasteiger partial charge is 0.387 e. The van der Waals surface area contributed by atoms with Crippen LogP contribution in [0, 0.1) is 0 Å². The summed E-state index contributed by atoms with van der Waals surface area (Å²) in [5, 5.41) is 13.9. The molecule has 0 rings (SSSR count). The van der Waals surface area contributed by atoms with Crippen molar-refractivity contribution in [2.24, 2.45) is 0 Å². The molecule has 0 bridgehead atoms. The fourth-order valence-electron chi connectivity index (χ4n) is 7.56. The van der Waals surface area contributed by atoms with E-state index in [1.54, 1.807) is 6.08 Å². The molecule has 0 aromatic heterocycles. The third-order valence-electron chi connectivity index (χ3n) is 11.7. The normalized spacial score (nSPS) is 14.5. The van der Waals surface area contributed by atoms with E-state index in [1.807, 2.05) is 27.2 Å². The summed E-state index contributed by atoms with van der Waals surface area (Å²) < 4.78 is 23.6. The summed E-state index contributed by atoms with van der Waals surface area (Å²) in [7, 11) is 1.55. The molecule has 0 saturated heterocycles. The Balaban J connectivity index is 4.28. The number of amides is 1. The Labute approximate surface area is 396 Å². The highest BCUT2D eigenvalue weighted by molar-refractivity contribution is 7.47. The van der Waals surface area contributed by atoms with Crippen LogP contribution in [0.2, 0.25) is 0 Å². The molecule has 0 fully saturated rings. The topological polar surface area (TPSA) is 105 Å². The van der Waals surface area contributed by atoms with E-state index in [0.29, 0.717) is 17.4 Å². The van der Waals surface area contributed by atoms with Crippen LogP contribution in [0.4, 0.5) is 0 Å². The van der Waals surface area contributed by atoms with Crippen molar-refractivity contribution in [1.29, 1.82) is 0 Å². The minimum Gasteiger partial charge on any atom is -0.387 e. The largest absolute Gasteiger partial charge is 0.472 e. The summed E-state index contributed by atoms with van der Waals surface area (Å²) in [5.41, 5.74) is 0. The molecule has 0 radical (unpaired) electrons. The standard InChI is InChI=1S/C55H103N2O6P/c1-6-8-10-12-14-16-18-20-22-24-25-26-27-28-29-30-31-33-34-36-38-40-42-44-46-48-54(58)53(52-63-64(60,61)62-51-50-57(3,4)5)56-55(59)49-47-45-43-41-39-37-35-32-23-21-19-17-15-13-11-9-7-2/h9,11,15,17,21,23,35,37,46,48,53-54,58H,6-8,10,12-14,16,18-20,22,24-34,36,38-45,47,49-52H2,1-5H3,(H-,56,59,60,61)/p+1/b11-9-,17-15-,23-21-,37-35-,48-46+. The van der Waals surface area contributed by atoms with Gasteiger partial charge < -0.3 is 19.8 Å². The van der Waals surface area contributed by atoms with Crippen LogP contribution in [0.25, 0.3) is 0 Å². The fraction of sp³-hybridized carbons (Fsp3) is 0.800. The molecular formula is C55H104N2O6P+. The third-order valence-corrected chi connectivity index (χ3v) is 12.7. The van der Waals surface area contributed by atoms with Gasteiger partial charge in [0.15, 0.2) is 0 Å². The third kappa shape index (κ3) is 48.1. The number of aliphatic hydroxyl groups is 1. The first kappa shape index (κ1) is 62.2. The highest BCUT2D eigenvalue weighted by Gasteiger charge is 2.27. The molecule has 9 heteroatoms. The van der Waals surface area contributed by atoms with Crippen molar-refractivity contribution in [3.8, 4) is 0 Å². The van der Waals surface area contributed by atoms with Crippen LogP contribution in [0.5, 0.6) is 0 Å². The Morgan fingerprint density at radius 1 is 0.547 bits per heavy atom. The van der Waals surface area contributed by atoms with Crippen LogP contribution < -0.4 is 5.32 Å². The Hall–Kier alpha value is -1.80. The molecule has 0 spiro atoms. The second-order valence-corrected chi connectivity index (χ2v) is 20.7. The van der Waals surface area contributed by atoms with Gasteiger partial charge in [0, 0.05) is 6.42 Å². The molecule has 0 aromatic rings. The molecule has 64 heavy (non-hydrogen) atoms. The Kier molecular flexibility index (Phi) is 45.0. The average Bonchev–Trinajstić information content (AvgIpc) is 3.25. The van der Waals surface area contributed by atoms with E-state index in [0.717, 1.165) is 77.0 Å². The highest BCUT2D eigenvalue weighted by atomic mass is 31.2. The highest BCUT2D eigenvalue weighted by Crippen LogP contribution is 2.43. The molecular weight excluding hydrogens is 816 g/mol. The van der Waals surface area contributed by atoms with E-state index in [9.17, 15) is 19.4 Å². The molecule has 0 heterocycles. The van der Waals surface area contributed by atoms with E-state index in [1.165, 1.54) is 135 Å². The minimum absolute atomic E-state index is 0.0542. The monoisotopic (exact) mass is 920 g/mol. The van der Waals surface area contributed by atoms with Crippen molar-refractivity contribution >= 4 is 13.7 Å². The van der Waals surface area contributed by atoms with E-state index >= 15 is 0 Å². The molecule has 0 aliphatic carbocycles. The molecule has 0 saturated carbocycles. The van der Waals surface area contributed by atoms with Crippen LogP contribution in [-0.2, 0) is 18.4 Å². The maximum absolute atomic E-state index is 12.9. The van der Waals surface area contributed by atoms with E-state index < -0.39 is 20.0 Å². The summed E-state index contributed by atoms with van der Waals surface area (Å²) in [4.78, 5) is 23.2. The van der Waals surface area contributed by atoms with Crippen LogP contribution >= 0.6 is 7.82 Å². The molecule has 0 aromatic carbocycles. The van der Waals surface area contributed by atoms with Gasteiger partial charge >= 0.3 is 7.82 Å². The van der Waals surface area contributed by atoms with Gasteiger partial charge in [0.2, 0.25) is 5.91 Å². The number of unbranched alkanes of at least 4 members (excludes halogenated alkanes) is 27. The van der Waals surface area contributed by atoms with Crippen LogP contribution in [-0.4, -0.2) is 73.4 Å². The van der Waals surface area contributed by atoms with Crippen molar-refractivity contribution in [2.75, 3.05) is 40.9 Å². The Bertz CT molecular complexity index is 1230. The molecule has 0 aliphatic rings. The number of carbonyl (C=O) groups excluding carboxylic acids is 1. The molecule has 8 nitrogen and oxygen atoms in total. The zero-order valence-corrected chi connectivity index (χ0v) is 43.4. The second kappa shape index (κ2) is 46.3. The fourth-order valence-corrected chi connectivity index (χ4v) is 8.30. The number of aliphatic hydroxyl groups excluding tert-OH is 1. The number of likely N-dealkylation sites (N-methyl/N-ethyl adjacent to an activating group) is 1. The number of hydrogen-bond acceptors (Lipinski definition) is 5. The van der Waals surface area contributed by atoms with Gasteiger partial charge in [-0.2, -0.15) is 0 Å². The summed E-state index contributed by atoms with van der Waals surface area (Å²) >= 11 is 0. The summed E-state index contributed by atoms with van der Waals surface area (Å²) in [5.74, 6) is -0.200. The number of carbonyl (C=O) groups is 1. The lowest BCUT2D eigenvalue weighted by Crippen LogP contribution is -2.45. The lowest BCUT2D eigenvalue weighted by atomic mass is 10.0. The number of quaternary nitrogens is 1. The van der Waals surface area contributed by atoms with Crippen LogP contribution in [0.1, 0.15) is 232 Å². The Morgan fingerprint density at radius 2 is 0.938 bits per heavy atom. The van der Waals surface area contributed by atoms with E-state index in [4.69, 9.17) is 9.05 Å². The first-order chi connectivity index (χ1) is 31.0. The van der Waals surface area contributed by atoms with Gasteiger partial charge in [0.25, 0.3) is 0 Å². The number of allylic oxidation sites excluding steroid dienone is 9. The predicted molar refractivity (Wildman–Crippen MR) is 277 cm³/mol. The van der Waals surface area contributed by atoms with Crippen LogP contribution in [0.3, 0.4) is 0 Å². The Morgan fingerprint density at radius 3 is 1.38 bits per heavy atom. The SMILES string of the molecule is CC/C=C\C/C=C\C/C=C\C/C=C\CCCCCCC(=O)NC(COP(=O)(O)OCC[N+](C)(C)C)C(O)/C=C/CCCCCCCCCCCCCCCCCCCCCCCCC. The van der Waals surface area contributed by atoms with E-state index in [2.05, 4.69) is 67.8 Å². The molecule has 3 unspecified atom stereocenters. The zero-order chi connectivity index (χ0) is 47.1. The van der Waals surface area contributed by atoms with Crippen molar-refractivity contribution in [3.05, 3.63) is 60.8 Å². The predicted octanol–water partition coefficient (Wildman–Crippen LogP) is 15.8.